The lowest BCUT2D eigenvalue weighted by Gasteiger charge is -2.32. The number of aryl methyl sites for hydroxylation is 1. The van der Waals surface area contributed by atoms with E-state index in [2.05, 4.69) is 0 Å². The maximum Gasteiger partial charge on any atom is 0.317 e. The summed E-state index contributed by atoms with van der Waals surface area (Å²) in [6.45, 7) is 9.61. The molecule has 48 heavy (non-hydrogen) atoms. The van der Waals surface area contributed by atoms with Gasteiger partial charge in [-0.3, -0.25) is 9.59 Å². The van der Waals surface area contributed by atoms with Crippen molar-refractivity contribution in [3.63, 3.8) is 0 Å². The van der Waals surface area contributed by atoms with Gasteiger partial charge in [0.25, 0.3) is 0 Å². The molecule has 2 aromatic carbocycles. The molecule has 0 saturated carbocycles. The van der Waals surface area contributed by atoms with Crippen molar-refractivity contribution in [1.82, 2.24) is 0 Å². The highest BCUT2D eigenvalue weighted by Gasteiger charge is 2.42. The third kappa shape index (κ3) is 9.95. The summed E-state index contributed by atoms with van der Waals surface area (Å²) in [5.74, 6) is -0.988. The van der Waals surface area contributed by atoms with Crippen molar-refractivity contribution < 1.29 is 63.2 Å². The van der Waals surface area contributed by atoms with Gasteiger partial charge in [0.15, 0.2) is 29.1 Å². The number of carbonyl (C=O) groups is 2. The van der Waals surface area contributed by atoms with Gasteiger partial charge in [0.05, 0.1) is 51.5 Å². The number of esters is 2. The van der Waals surface area contributed by atoms with Gasteiger partial charge in [-0.2, -0.15) is 0 Å². The van der Waals surface area contributed by atoms with E-state index in [9.17, 15) is 30.0 Å². The van der Waals surface area contributed by atoms with Crippen LogP contribution in [0.25, 0.3) is 0 Å². The standard InChI is InChI=1S/C35H52O13/c1-20-13-22(28(38)21(2)17-36)14-24(43-8)30(20)47-27(18-37)29(39)23-15-25(44-9)31(26(16-23)45-10)48-33(41)35(5,6)19-34(3,4)32(40)46-12-11-42-7/h13-16,21,27-29,36-39H,11-12,17-19H2,1-10H3/t21-,27?,28?,29?/m1/s1. The molecule has 0 aromatic heterocycles. The van der Waals surface area contributed by atoms with Crippen LogP contribution in [0.15, 0.2) is 24.3 Å². The fourth-order valence-electron chi connectivity index (χ4n) is 5.30. The second-order valence-electron chi connectivity index (χ2n) is 13.0. The topological polar surface area (TPSA) is 180 Å². The molecule has 2 aromatic rings. The molecule has 270 valence electrons. The van der Waals surface area contributed by atoms with Crippen molar-refractivity contribution in [3.05, 3.63) is 41.0 Å². The number of methoxy groups -OCH3 is 4. The Labute approximate surface area is 282 Å². The average Bonchev–Trinajstić information content (AvgIpc) is 3.05. The van der Waals surface area contributed by atoms with Gasteiger partial charge in [-0.25, -0.2) is 0 Å². The molecule has 0 aliphatic heterocycles. The lowest BCUT2D eigenvalue weighted by Crippen LogP contribution is -2.38. The molecule has 0 saturated heterocycles. The fourth-order valence-corrected chi connectivity index (χ4v) is 5.30. The average molecular weight is 681 g/mol. The van der Waals surface area contributed by atoms with E-state index in [1.807, 2.05) is 0 Å². The summed E-state index contributed by atoms with van der Waals surface area (Å²) in [5, 5.41) is 41.7. The maximum absolute atomic E-state index is 13.5. The van der Waals surface area contributed by atoms with E-state index >= 15 is 0 Å². The van der Waals surface area contributed by atoms with E-state index in [4.69, 9.17) is 33.2 Å². The maximum atomic E-state index is 13.5. The van der Waals surface area contributed by atoms with Crippen LogP contribution in [0, 0.1) is 23.7 Å². The van der Waals surface area contributed by atoms with E-state index in [1.165, 1.54) is 40.6 Å². The number of hydrogen-bond donors (Lipinski definition) is 4. The molecule has 2 rings (SSSR count). The number of carbonyl (C=O) groups excluding carboxylic acids is 2. The number of hydrogen-bond acceptors (Lipinski definition) is 13. The van der Waals surface area contributed by atoms with E-state index in [1.54, 1.807) is 53.7 Å². The summed E-state index contributed by atoms with van der Waals surface area (Å²) in [6, 6.07) is 6.12. The molecule has 0 heterocycles. The quantitative estimate of drug-likeness (QED) is 0.0960. The molecule has 0 bridgehead atoms. The molecule has 4 atom stereocenters. The zero-order valence-corrected chi connectivity index (χ0v) is 29.6. The number of aliphatic hydroxyl groups excluding tert-OH is 4. The van der Waals surface area contributed by atoms with E-state index < -0.39 is 53.6 Å². The van der Waals surface area contributed by atoms with Gasteiger partial charge in [0, 0.05) is 19.6 Å². The van der Waals surface area contributed by atoms with Gasteiger partial charge in [-0.1, -0.05) is 6.92 Å². The van der Waals surface area contributed by atoms with Gasteiger partial charge in [-0.15, -0.1) is 0 Å². The summed E-state index contributed by atoms with van der Waals surface area (Å²) in [6.07, 6.45) is -3.47. The van der Waals surface area contributed by atoms with E-state index in [0.717, 1.165) is 0 Å². The number of benzene rings is 2. The first-order valence-corrected chi connectivity index (χ1v) is 15.6. The third-order valence-corrected chi connectivity index (χ3v) is 7.98. The number of ether oxygens (including phenoxy) is 7. The van der Waals surface area contributed by atoms with Gasteiger partial charge >= 0.3 is 11.9 Å². The van der Waals surface area contributed by atoms with E-state index in [0.29, 0.717) is 11.1 Å². The van der Waals surface area contributed by atoms with Crippen LogP contribution in [0.4, 0.5) is 0 Å². The van der Waals surface area contributed by atoms with E-state index in [-0.39, 0.29) is 60.6 Å². The smallest absolute Gasteiger partial charge is 0.317 e. The SMILES string of the molecule is COCCOC(=O)C(C)(C)CC(C)(C)C(=O)Oc1c(OC)cc(C(O)C(CO)Oc2c(C)cc(C(O)[C@H](C)CO)cc2OC)cc1OC. The molecular weight excluding hydrogens is 628 g/mol. The first kappa shape index (κ1) is 40.6. The van der Waals surface area contributed by atoms with Crippen LogP contribution in [0.5, 0.6) is 28.7 Å². The van der Waals surface area contributed by atoms with Gasteiger partial charge in [0.2, 0.25) is 5.75 Å². The molecule has 0 amide bonds. The van der Waals surface area contributed by atoms with Crippen molar-refractivity contribution in [3.8, 4) is 28.7 Å². The summed E-state index contributed by atoms with van der Waals surface area (Å²) in [5.41, 5.74) is -0.871. The molecule has 0 aliphatic carbocycles. The molecule has 0 radical (unpaired) electrons. The summed E-state index contributed by atoms with van der Waals surface area (Å²) >= 11 is 0. The first-order chi connectivity index (χ1) is 22.5. The first-order valence-electron chi connectivity index (χ1n) is 15.6. The number of aliphatic hydroxyl groups is 4. The Morgan fingerprint density at radius 1 is 0.729 bits per heavy atom. The summed E-state index contributed by atoms with van der Waals surface area (Å²) in [4.78, 5) is 26.2. The third-order valence-electron chi connectivity index (χ3n) is 7.98. The Balaban J connectivity index is 2.37. The molecule has 0 spiro atoms. The van der Waals surface area contributed by atoms with Crippen molar-refractivity contribution >= 4 is 11.9 Å². The zero-order valence-electron chi connectivity index (χ0n) is 29.6. The van der Waals surface area contributed by atoms with Crippen molar-refractivity contribution in [2.24, 2.45) is 16.7 Å². The zero-order chi connectivity index (χ0) is 36.4. The lowest BCUT2D eigenvalue weighted by molar-refractivity contribution is -0.159. The highest BCUT2D eigenvalue weighted by Crippen LogP contribution is 2.44. The molecule has 3 unspecified atom stereocenters. The van der Waals surface area contributed by atoms with Crippen LogP contribution < -0.4 is 23.7 Å². The highest BCUT2D eigenvalue weighted by molar-refractivity contribution is 5.82. The van der Waals surface area contributed by atoms with Crippen molar-refractivity contribution in [1.29, 1.82) is 0 Å². The molecule has 0 aliphatic rings. The second-order valence-corrected chi connectivity index (χ2v) is 13.0. The Morgan fingerprint density at radius 3 is 1.71 bits per heavy atom. The van der Waals surface area contributed by atoms with Crippen LogP contribution >= 0.6 is 0 Å². The van der Waals surface area contributed by atoms with Crippen LogP contribution in [0.2, 0.25) is 0 Å². The largest absolute Gasteiger partial charge is 0.493 e. The van der Waals surface area contributed by atoms with Crippen LogP contribution in [-0.2, 0) is 19.1 Å². The van der Waals surface area contributed by atoms with Gasteiger partial charge < -0.3 is 53.6 Å². The summed E-state index contributed by atoms with van der Waals surface area (Å²) < 4.78 is 38.6. The predicted octanol–water partition coefficient (Wildman–Crippen LogP) is 3.69. The molecule has 0 fully saturated rings. The fraction of sp³-hybridized carbons (Fsp3) is 0.600. The van der Waals surface area contributed by atoms with Crippen molar-refractivity contribution in [2.45, 2.75) is 66.3 Å². The Hall–Kier alpha value is -3.62. The Bertz CT molecular complexity index is 1350. The molecular formula is C35H52O13. The van der Waals surface area contributed by atoms with Crippen LogP contribution in [0.1, 0.15) is 69.9 Å². The Kier molecular flexibility index (Phi) is 14.9. The van der Waals surface area contributed by atoms with Gasteiger partial charge in [-0.05, 0) is 82.0 Å². The predicted molar refractivity (Wildman–Crippen MR) is 176 cm³/mol. The van der Waals surface area contributed by atoms with Crippen LogP contribution in [-0.4, -0.2) is 93.3 Å². The van der Waals surface area contributed by atoms with Crippen LogP contribution in [0.3, 0.4) is 0 Å². The molecule has 4 N–H and O–H groups in total. The minimum absolute atomic E-state index is 0.0419. The Morgan fingerprint density at radius 2 is 1.23 bits per heavy atom. The monoisotopic (exact) mass is 680 g/mol. The summed E-state index contributed by atoms with van der Waals surface area (Å²) in [7, 11) is 5.63. The molecule has 13 nitrogen and oxygen atoms in total. The minimum Gasteiger partial charge on any atom is -0.493 e. The molecule has 13 heteroatoms. The number of rotatable bonds is 19. The second kappa shape index (κ2) is 17.7. The van der Waals surface area contributed by atoms with Gasteiger partial charge in [0.1, 0.15) is 12.7 Å². The van der Waals surface area contributed by atoms with Crippen molar-refractivity contribution in [2.75, 3.05) is 54.9 Å². The highest BCUT2D eigenvalue weighted by atomic mass is 16.6. The minimum atomic E-state index is -1.42. The normalized spacial score (nSPS) is 14.4. The lowest BCUT2D eigenvalue weighted by atomic mass is 9.75.